The van der Waals surface area contributed by atoms with Gasteiger partial charge in [-0.25, -0.2) is 0 Å². The maximum Gasteiger partial charge on any atom is 0.0617 e. The van der Waals surface area contributed by atoms with Crippen molar-refractivity contribution in [3.05, 3.63) is 47.0 Å². The number of aliphatic hydroxyl groups excluding tert-OH is 1. The fraction of sp³-hybridized carbons (Fsp3) is 0.429. The Labute approximate surface area is 92.5 Å². The minimum absolute atomic E-state index is 0.302. The second kappa shape index (κ2) is 5.13. The molecule has 0 saturated heterocycles. The first-order chi connectivity index (χ1) is 6.97. The Morgan fingerprint density at radius 1 is 1.27 bits per heavy atom. The third kappa shape index (κ3) is 4.30. The topological polar surface area (TPSA) is 20.2 Å². The first kappa shape index (κ1) is 12.0. The maximum atomic E-state index is 9.79. The zero-order valence-electron chi connectivity index (χ0n) is 9.88. The van der Waals surface area contributed by atoms with Gasteiger partial charge < -0.3 is 5.11 Å². The van der Waals surface area contributed by atoms with Gasteiger partial charge in [0.05, 0.1) is 6.10 Å². The van der Waals surface area contributed by atoms with Crippen LogP contribution in [0.4, 0.5) is 0 Å². The molecule has 1 unspecified atom stereocenters. The summed E-state index contributed by atoms with van der Waals surface area (Å²) in [7, 11) is 0. The molecular formula is C14H20O. The Bertz CT molecular complexity index is 332. The van der Waals surface area contributed by atoms with Gasteiger partial charge in [0, 0.05) is 0 Å². The van der Waals surface area contributed by atoms with Crippen LogP contribution < -0.4 is 0 Å². The lowest BCUT2D eigenvalue weighted by atomic mass is 9.99. The molecule has 0 aliphatic rings. The molecular weight excluding hydrogens is 184 g/mol. The monoisotopic (exact) mass is 204 g/mol. The number of hydrogen-bond donors (Lipinski definition) is 1. The van der Waals surface area contributed by atoms with Crippen LogP contribution in [0.2, 0.25) is 0 Å². The molecule has 82 valence electrons. The van der Waals surface area contributed by atoms with Crippen molar-refractivity contribution in [1.29, 1.82) is 0 Å². The molecule has 15 heavy (non-hydrogen) atoms. The van der Waals surface area contributed by atoms with Crippen LogP contribution in [0.3, 0.4) is 0 Å². The van der Waals surface area contributed by atoms with Crippen molar-refractivity contribution in [1.82, 2.24) is 0 Å². The SMILES string of the molecule is C=C(C)CC(O)Cc1cc(C)cc(C)c1. The first-order valence-electron chi connectivity index (χ1n) is 5.37. The summed E-state index contributed by atoms with van der Waals surface area (Å²) in [6.07, 6.45) is 1.10. The fourth-order valence-corrected chi connectivity index (χ4v) is 1.93. The maximum absolute atomic E-state index is 9.79. The van der Waals surface area contributed by atoms with Crippen LogP contribution in [0.25, 0.3) is 0 Å². The molecule has 0 aromatic heterocycles. The fourth-order valence-electron chi connectivity index (χ4n) is 1.93. The van der Waals surface area contributed by atoms with E-state index >= 15 is 0 Å². The van der Waals surface area contributed by atoms with Crippen LogP contribution in [0.5, 0.6) is 0 Å². The molecule has 1 rings (SSSR count). The lowest BCUT2D eigenvalue weighted by molar-refractivity contribution is 0.175. The van der Waals surface area contributed by atoms with Crippen LogP contribution in [-0.4, -0.2) is 11.2 Å². The van der Waals surface area contributed by atoms with Crippen molar-refractivity contribution in [2.45, 2.75) is 39.7 Å². The number of aryl methyl sites for hydroxylation is 2. The highest BCUT2D eigenvalue weighted by atomic mass is 16.3. The largest absolute Gasteiger partial charge is 0.392 e. The lowest BCUT2D eigenvalue weighted by Crippen LogP contribution is -2.10. The van der Waals surface area contributed by atoms with Gasteiger partial charge in [-0.2, -0.15) is 0 Å². The van der Waals surface area contributed by atoms with Gasteiger partial charge in [0.1, 0.15) is 0 Å². The summed E-state index contributed by atoms with van der Waals surface area (Å²) < 4.78 is 0. The first-order valence-corrected chi connectivity index (χ1v) is 5.37. The molecule has 1 atom stereocenters. The smallest absolute Gasteiger partial charge is 0.0617 e. The minimum atomic E-state index is -0.302. The predicted molar refractivity (Wildman–Crippen MR) is 65.1 cm³/mol. The normalized spacial score (nSPS) is 12.5. The third-order valence-electron chi connectivity index (χ3n) is 2.34. The molecule has 1 aromatic carbocycles. The van der Waals surface area contributed by atoms with Gasteiger partial charge in [0.15, 0.2) is 0 Å². The molecule has 0 radical (unpaired) electrons. The molecule has 0 spiro atoms. The van der Waals surface area contributed by atoms with Gasteiger partial charge in [-0.05, 0) is 39.2 Å². The van der Waals surface area contributed by atoms with E-state index in [1.807, 2.05) is 6.92 Å². The van der Waals surface area contributed by atoms with Crippen LogP contribution in [0, 0.1) is 13.8 Å². The number of aliphatic hydroxyl groups is 1. The highest BCUT2D eigenvalue weighted by molar-refractivity contribution is 5.29. The average Bonchev–Trinajstić information content (AvgIpc) is 1.98. The molecule has 1 nitrogen and oxygen atoms in total. The highest BCUT2D eigenvalue weighted by Crippen LogP contribution is 2.13. The van der Waals surface area contributed by atoms with Crippen LogP contribution in [0.15, 0.2) is 30.4 Å². The van der Waals surface area contributed by atoms with E-state index < -0.39 is 0 Å². The Hall–Kier alpha value is -1.08. The highest BCUT2D eigenvalue weighted by Gasteiger charge is 2.06. The molecule has 1 aromatic rings. The van der Waals surface area contributed by atoms with E-state index in [2.05, 4.69) is 38.6 Å². The Kier molecular flexibility index (Phi) is 4.10. The van der Waals surface area contributed by atoms with Crippen molar-refractivity contribution < 1.29 is 5.11 Å². The molecule has 1 heteroatoms. The quantitative estimate of drug-likeness (QED) is 0.747. The van der Waals surface area contributed by atoms with Crippen LogP contribution in [0.1, 0.15) is 30.0 Å². The summed E-state index contributed by atoms with van der Waals surface area (Å²) >= 11 is 0. The van der Waals surface area contributed by atoms with E-state index in [1.165, 1.54) is 16.7 Å². The summed E-state index contributed by atoms with van der Waals surface area (Å²) in [5, 5.41) is 9.79. The summed E-state index contributed by atoms with van der Waals surface area (Å²) in [5.41, 5.74) is 4.76. The zero-order chi connectivity index (χ0) is 11.4. The zero-order valence-corrected chi connectivity index (χ0v) is 9.88. The molecule has 0 aliphatic heterocycles. The number of rotatable bonds is 4. The molecule has 0 heterocycles. The van der Waals surface area contributed by atoms with Crippen molar-refractivity contribution in [2.75, 3.05) is 0 Å². The van der Waals surface area contributed by atoms with E-state index in [-0.39, 0.29) is 6.10 Å². The second-order valence-electron chi connectivity index (χ2n) is 4.52. The van der Waals surface area contributed by atoms with Gasteiger partial charge in [-0.15, -0.1) is 6.58 Å². The number of benzene rings is 1. The molecule has 1 N–H and O–H groups in total. The van der Waals surface area contributed by atoms with Crippen LogP contribution in [-0.2, 0) is 6.42 Å². The van der Waals surface area contributed by atoms with E-state index in [4.69, 9.17) is 0 Å². The van der Waals surface area contributed by atoms with Crippen molar-refractivity contribution in [2.24, 2.45) is 0 Å². The Balaban J connectivity index is 2.67. The Morgan fingerprint density at radius 2 is 1.80 bits per heavy atom. The predicted octanol–water partition coefficient (Wildman–Crippen LogP) is 3.17. The van der Waals surface area contributed by atoms with Gasteiger partial charge in [-0.3, -0.25) is 0 Å². The Morgan fingerprint density at radius 3 is 2.27 bits per heavy atom. The molecule has 0 amide bonds. The number of hydrogen-bond acceptors (Lipinski definition) is 1. The summed E-state index contributed by atoms with van der Waals surface area (Å²) in [4.78, 5) is 0. The summed E-state index contributed by atoms with van der Waals surface area (Å²) in [6.45, 7) is 9.93. The molecule has 0 bridgehead atoms. The van der Waals surface area contributed by atoms with E-state index in [0.717, 1.165) is 12.0 Å². The van der Waals surface area contributed by atoms with Gasteiger partial charge in [0.25, 0.3) is 0 Å². The van der Waals surface area contributed by atoms with Gasteiger partial charge in [0.2, 0.25) is 0 Å². The van der Waals surface area contributed by atoms with Crippen molar-refractivity contribution in [3.8, 4) is 0 Å². The molecule has 0 aliphatic carbocycles. The van der Waals surface area contributed by atoms with E-state index in [1.54, 1.807) is 0 Å². The standard InChI is InChI=1S/C14H20O/c1-10(2)5-14(15)9-13-7-11(3)6-12(4)8-13/h6-8,14-15H,1,5,9H2,2-4H3. The van der Waals surface area contributed by atoms with E-state index in [9.17, 15) is 5.11 Å². The average molecular weight is 204 g/mol. The molecule has 0 saturated carbocycles. The summed E-state index contributed by atoms with van der Waals surface area (Å²) in [5.74, 6) is 0. The van der Waals surface area contributed by atoms with Crippen molar-refractivity contribution in [3.63, 3.8) is 0 Å². The lowest BCUT2D eigenvalue weighted by Gasteiger charge is -2.11. The van der Waals surface area contributed by atoms with E-state index in [0.29, 0.717) is 6.42 Å². The van der Waals surface area contributed by atoms with Gasteiger partial charge in [-0.1, -0.05) is 34.9 Å². The van der Waals surface area contributed by atoms with Crippen molar-refractivity contribution >= 4 is 0 Å². The van der Waals surface area contributed by atoms with Crippen LogP contribution >= 0.6 is 0 Å². The summed E-state index contributed by atoms with van der Waals surface area (Å²) in [6, 6.07) is 6.41. The minimum Gasteiger partial charge on any atom is -0.392 e. The molecule has 0 fully saturated rings. The van der Waals surface area contributed by atoms with Gasteiger partial charge >= 0.3 is 0 Å². The third-order valence-corrected chi connectivity index (χ3v) is 2.34. The second-order valence-corrected chi connectivity index (χ2v) is 4.52.